The van der Waals surface area contributed by atoms with Gasteiger partial charge in [0.1, 0.15) is 18.8 Å². The highest BCUT2D eigenvalue weighted by atomic mass is 16.7. The van der Waals surface area contributed by atoms with Crippen LogP contribution in [0.5, 0.6) is 0 Å². The molecule has 0 spiro atoms. The number of aliphatic hydroxyl groups is 2. The fourth-order valence-electron chi connectivity index (χ4n) is 8.34. The third kappa shape index (κ3) is 39.3. The largest absolute Gasteiger partial charge is 0.479 e. The molecule has 12 nitrogen and oxygen atoms in total. The van der Waals surface area contributed by atoms with Crippen molar-refractivity contribution in [3.63, 3.8) is 0 Å². The Morgan fingerprint density at radius 1 is 0.466 bits per heavy atom. The predicted octanol–water partition coefficient (Wildman–Crippen LogP) is 14.6. The molecule has 73 heavy (non-hydrogen) atoms. The molecule has 0 aliphatic carbocycles. The number of carbonyl (C=O) groups is 4. The minimum absolute atomic E-state index is 0.0192. The summed E-state index contributed by atoms with van der Waals surface area (Å²) < 4.78 is 28.3. The second-order valence-corrected chi connectivity index (χ2v) is 19.5. The summed E-state index contributed by atoms with van der Waals surface area (Å²) in [5.41, 5.74) is 0. The summed E-state index contributed by atoms with van der Waals surface area (Å²) in [4.78, 5) is 51.0. The van der Waals surface area contributed by atoms with Crippen LogP contribution in [0.15, 0.2) is 72.9 Å². The quantitative estimate of drug-likeness (QED) is 0.0228. The highest BCUT2D eigenvalue weighted by molar-refractivity contribution is 5.74. The molecule has 3 N–H and O–H groups in total. The minimum atomic E-state index is -1.92. The van der Waals surface area contributed by atoms with Crippen molar-refractivity contribution in [2.45, 2.75) is 276 Å². The fourth-order valence-corrected chi connectivity index (χ4v) is 8.34. The van der Waals surface area contributed by atoms with Gasteiger partial charge in [0.05, 0.1) is 6.61 Å². The molecular weight excluding hydrogens is 925 g/mol. The van der Waals surface area contributed by atoms with E-state index in [2.05, 4.69) is 81.5 Å². The average Bonchev–Trinajstić information content (AvgIpc) is 3.37. The number of hydrogen-bond acceptors (Lipinski definition) is 11. The van der Waals surface area contributed by atoms with E-state index in [9.17, 15) is 34.5 Å². The van der Waals surface area contributed by atoms with Crippen LogP contribution in [-0.2, 0) is 42.9 Å². The second kappa shape index (κ2) is 49.1. The second-order valence-electron chi connectivity index (χ2n) is 19.5. The van der Waals surface area contributed by atoms with Gasteiger partial charge in [-0.15, -0.1) is 0 Å². The lowest BCUT2D eigenvalue weighted by atomic mass is 9.98. The number of esters is 3. The number of unbranched alkanes of at least 4 members (excludes halogenated alkanes) is 22. The molecule has 6 unspecified atom stereocenters. The Labute approximate surface area is 442 Å². The lowest BCUT2D eigenvalue weighted by Crippen LogP contribution is -2.61. The molecule has 6 atom stereocenters. The molecule has 1 aliphatic rings. The summed E-state index contributed by atoms with van der Waals surface area (Å²) in [6, 6.07) is 0. The van der Waals surface area contributed by atoms with Crippen LogP contribution in [0.1, 0.15) is 239 Å². The Bertz CT molecular complexity index is 1550. The van der Waals surface area contributed by atoms with Crippen molar-refractivity contribution in [3.05, 3.63) is 72.9 Å². The van der Waals surface area contributed by atoms with Gasteiger partial charge in [0.25, 0.3) is 0 Å². The standard InChI is InChI=1S/C61H102O12/c1-4-7-10-13-16-19-22-24-26-27-29-31-34-37-40-43-46-49-55(64)72-59-57(66)56(65)58(60(67)68)73-61(59)70-51-52(71-54(63)48-45-42-39-36-32-21-18-15-12-9-6-3)50-69-53(62)47-44-41-38-35-33-30-28-25-23-20-17-14-11-8-5-2/h7,10,16,19,24-26,28-29,31,37,40,52,56-59,61,65-66H,4-6,8-9,11-15,17-18,20-23,27,30,32-36,38-39,41-51H2,1-3H3,(H,67,68)/b10-7-,19-16-,26-24-,28-25-,31-29-,40-37-. The molecule has 1 fully saturated rings. The van der Waals surface area contributed by atoms with Crippen LogP contribution >= 0.6 is 0 Å². The zero-order valence-corrected chi connectivity index (χ0v) is 45.9. The van der Waals surface area contributed by atoms with E-state index in [0.717, 1.165) is 89.9 Å². The maximum Gasteiger partial charge on any atom is 0.335 e. The Morgan fingerprint density at radius 3 is 1.37 bits per heavy atom. The number of allylic oxidation sites excluding steroid dienone is 12. The smallest absolute Gasteiger partial charge is 0.335 e. The third-order valence-corrected chi connectivity index (χ3v) is 12.8. The number of hydrogen-bond donors (Lipinski definition) is 3. The predicted molar refractivity (Wildman–Crippen MR) is 294 cm³/mol. The molecular formula is C61H102O12. The molecule has 12 heteroatoms. The highest BCUT2D eigenvalue weighted by Crippen LogP contribution is 2.26. The zero-order valence-electron chi connectivity index (χ0n) is 45.9. The average molecular weight is 1030 g/mol. The van der Waals surface area contributed by atoms with Gasteiger partial charge in [-0.05, 0) is 83.5 Å². The molecule has 0 radical (unpaired) electrons. The number of aliphatic hydroxyl groups excluding tert-OH is 2. The van der Waals surface area contributed by atoms with Gasteiger partial charge in [0.2, 0.25) is 0 Å². The van der Waals surface area contributed by atoms with Crippen LogP contribution in [0.3, 0.4) is 0 Å². The summed E-state index contributed by atoms with van der Waals surface area (Å²) >= 11 is 0. The summed E-state index contributed by atoms with van der Waals surface area (Å²) in [6.07, 6.45) is 48.8. The molecule has 0 aromatic heterocycles. The Kier molecular flexibility index (Phi) is 45.1. The van der Waals surface area contributed by atoms with Crippen molar-refractivity contribution in [2.24, 2.45) is 0 Å². The topological polar surface area (TPSA) is 175 Å². The van der Waals surface area contributed by atoms with E-state index in [-0.39, 0.29) is 25.9 Å². The minimum Gasteiger partial charge on any atom is -0.479 e. The van der Waals surface area contributed by atoms with Gasteiger partial charge < -0.3 is 39.0 Å². The van der Waals surface area contributed by atoms with Crippen molar-refractivity contribution in [1.29, 1.82) is 0 Å². The number of rotatable bonds is 48. The Balaban J connectivity index is 2.73. The molecule has 1 rings (SSSR count). The molecule has 0 bridgehead atoms. The number of aliphatic carboxylic acids is 1. The van der Waals surface area contributed by atoms with Crippen LogP contribution in [0, 0.1) is 0 Å². The van der Waals surface area contributed by atoms with Crippen LogP contribution < -0.4 is 0 Å². The molecule has 1 aliphatic heterocycles. The van der Waals surface area contributed by atoms with Crippen LogP contribution in [0.2, 0.25) is 0 Å². The normalized spacial score (nSPS) is 18.8. The first-order valence-electron chi connectivity index (χ1n) is 28.9. The van der Waals surface area contributed by atoms with Gasteiger partial charge in [-0.3, -0.25) is 14.4 Å². The first-order valence-corrected chi connectivity index (χ1v) is 28.9. The molecule has 1 saturated heterocycles. The number of carboxylic acids is 1. The summed E-state index contributed by atoms with van der Waals surface area (Å²) in [6.45, 7) is 5.83. The van der Waals surface area contributed by atoms with Crippen molar-refractivity contribution in [3.8, 4) is 0 Å². The highest BCUT2D eigenvalue weighted by Gasteiger charge is 2.50. The van der Waals surface area contributed by atoms with Gasteiger partial charge >= 0.3 is 23.9 Å². The van der Waals surface area contributed by atoms with E-state index in [1.807, 2.05) is 12.2 Å². The summed E-state index contributed by atoms with van der Waals surface area (Å²) in [7, 11) is 0. The maximum absolute atomic E-state index is 13.1. The van der Waals surface area contributed by atoms with E-state index < -0.39 is 67.3 Å². The van der Waals surface area contributed by atoms with Gasteiger partial charge in [-0.1, -0.05) is 209 Å². The van der Waals surface area contributed by atoms with E-state index in [1.54, 1.807) is 0 Å². The number of ether oxygens (including phenoxy) is 5. The van der Waals surface area contributed by atoms with Crippen molar-refractivity contribution in [2.75, 3.05) is 13.2 Å². The van der Waals surface area contributed by atoms with E-state index in [1.165, 1.54) is 83.5 Å². The number of carboxylic acid groups (broad SMARTS) is 1. The fraction of sp³-hybridized carbons (Fsp3) is 0.738. The van der Waals surface area contributed by atoms with Gasteiger partial charge in [0, 0.05) is 19.3 Å². The first-order chi connectivity index (χ1) is 35.6. The Hall–Kier alpha value is -3.84. The maximum atomic E-state index is 13.1. The molecule has 1 heterocycles. The van der Waals surface area contributed by atoms with E-state index in [4.69, 9.17) is 23.7 Å². The lowest BCUT2D eigenvalue weighted by molar-refractivity contribution is -0.301. The third-order valence-electron chi connectivity index (χ3n) is 12.8. The van der Waals surface area contributed by atoms with E-state index in [0.29, 0.717) is 25.7 Å². The SMILES string of the molecule is CC/C=C\C/C=C\C/C=C\C/C=C\C/C=C\CCCC(=O)OC1C(OCC(COC(=O)CCCCCCC/C=C\CCCCCCCC)OC(=O)CCCCCCCCCCCCC)OC(C(=O)O)C(O)C1O. The molecule has 0 aromatic carbocycles. The van der Waals surface area contributed by atoms with Crippen molar-refractivity contribution in [1.82, 2.24) is 0 Å². The monoisotopic (exact) mass is 1030 g/mol. The molecule has 0 amide bonds. The van der Waals surface area contributed by atoms with Crippen molar-refractivity contribution < 1.29 is 58.2 Å². The van der Waals surface area contributed by atoms with Crippen LogP contribution in [0.25, 0.3) is 0 Å². The zero-order chi connectivity index (χ0) is 53.3. The molecule has 0 saturated carbocycles. The summed E-state index contributed by atoms with van der Waals surface area (Å²) in [5.74, 6) is -3.20. The van der Waals surface area contributed by atoms with Crippen LogP contribution in [0.4, 0.5) is 0 Å². The van der Waals surface area contributed by atoms with Crippen molar-refractivity contribution >= 4 is 23.9 Å². The lowest BCUT2D eigenvalue weighted by Gasteiger charge is -2.40. The number of carbonyl (C=O) groups excluding carboxylic acids is 3. The van der Waals surface area contributed by atoms with Crippen LogP contribution in [-0.4, -0.2) is 89.2 Å². The van der Waals surface area contributed by atoms with Gasteiger partial charge in [0.15, 0.2) is 24.6 Å². The van der Waals surface area contributed by atoms with E-state index >= 15 is 0 Å². The Morgan fingerprint density at radius 2 is 0.877 bits per heavy atom. The molecule has 418 valence electrons. The van der Waals surface area contributed by atoms with Gasteiger partial charge in [-0.25, -0.2) is 4.79 Å². The molecule has 0 aromatic rings. The van der Waals surface area contributed by atoms with Gasteiger partial charge in [-0.2, -0.15) is 0 Å². The summed E-state index contributed by atoms with van der Waals surface area (Å²) in [5, 5.41) is 31.4. The first kappa shape index (κ1) is 67.2.